The third-order valence-corrected chi connectivity index (χ3v) is 6.31. The number of carbonyl (C=O) groups excluding carboxylic acids is 2. The summed E-state index contributed by atoms with van der Waals surface area (Å²) in [4.78, 5) is 26.6. The lowest BCUT2D eigenvalue weighted by Gasteiger charge is -2.30. The number of hydrogen-bond acceptors (Lipinski definition) is 3. The van der Waals surface area contributed by atoms with Gasteiger partial charge in [-0.3, -0.25) is 4.79 Å². The number of anilines is 1. The Morgan fingerprint density at radius 3 is 2.31 bits per heavy atom. The minimum absolute atomic E-state index is 0.0153. The number of rotatable bonds is 3. The minimum atomic E-state index is -0.444. The fourth-order valence-electron chi connectivity index (χ4n) is 4.61. The highest BCUT2D eigenvalue weighted by atomic mass is 19.1. The number of halogens is 1. The van der Waals surface area contributed by atoms with Crippen LogP contribution < -0.4 is 5.32 Å². The second-order valence-electron chi connectivity index (χ2n) is 9.87. The summed E-state index contributed by atoms with van der Waals surface area (Å²) in [5.41, 5.74) is 2.96. The molecule has 0 radical (unpaired) electrons. The molecule has 0 aromatic heterocycles. The first-order valence-electron chi connectivity index (χ1n) is 11.3. The van der Waals surface area contributed by atoms with Gasteiger partial charge < -0.3 is 15.0 Å². The standard InChI is InChI=1S/C26H31FN2O3/c1-26(2,3)32-24(30)19-9-7-17(8-10-19)18-11-13-21(14-12-18)28-25(31)29-15-20-5-4-6-23(27)22(20)16-29/h4-6,11-14,17,19H,7-10,15-16H2,1-3H3,(H,28,31). The Morgan fingerprint density at radius 2 is 1.69 bits per heavy atom. The largest absolute Gasteiger partial charge is 0.460 e. The summed E-state index contributed by atoms with van der Waals surface area (Å²) in [6, 6.07) is 12.7. The molecule has 1 aliphatic heterocycles. The van der Waals surface area contributed by atoms with Crippen molar-refractivity contribution in [3.63, 3.8) is 0 Å². The van der Waals surface area contributed by atoms with Gasteiger partial charge in [-0.25, -0.2) is 9.18 Å². The van der Waals surface area contributed by atoms with Gasteiger partial charge in [-0.2, -0.15) is 0 Å². The topological polar surface area (TPSA) is 58.6 Å². The summed E-state index contributed by atoms with van der Waals surface area (Å²) in [6.07, 6.45) is 3.58. The number of benzene rings is 2. The van der Waals surface area contributed by atoms with Crippen LogP contribution in [0.25, 0.3) is 0 Å². The lowest BCUT2D eigenvalue weighted by atomic mass is 9.78. The maximum atomic E-state index is 13.9. The summed E-state index contributed by atoms with van der Waals surface area (Å²) in [6.45, 7) is 6.40. The van der Waals surface area contributed by atoms with Crippen LogP contribution in [-0.4, -0.2) is 22.5 Å². The number of nitrogens with one attached hydrogen (secondary N) is 1. The predicted octanol–water partition coefficient (Wildman–Crippen LogP) is 5.99. The van der Waals surface area contributed by atoms with Crippen LogP contribution >= 0.6 is 0 Å². The second kappa shape index (κ2) is 8.93. The van der Waals surface area contributed by atoms with Crippen molar-refractivity contribution < 1.29 is 18.7 Å². The first kappa shape index (κ1) is 22.3. The van der Waals surface area contributed by atoms with Crippen LogP contribution in [0.15, 0.2) is 42.5 Å². The fourth-order valence-corrected chi connectivity index (χ4v) is 4.61. The maximum absolute atomic E-state index is 13.9. The monoisotopic (exact) mass is 438 g/mol. The molecule has 0 atom stereocenters. The SMILES string of the molecule is CC(C)(C)OC(=O)C1CCC(c2ccc(NC(=O)N3Cc4cccc(F)c4C3)cc2)CC1. The number of fused-ring (bicyclic) bond motifs is 1. The average Bonchev–Trinajstić information content (AvgIpc) is 3.19. The van der Waals surface area contributed by atoms with E-state index in [0.29, 0.717) is 18.0 Å². The average molecular weight is 439 g/mol. The molecule has 32 heavy (non-hydrogen) atoms. The van der Waals surface area contributed by atoms with Crippen molar-refractivity contribution in [2.24, 2.45) is 5.92 Å². The Labute approximate surface area is 188 Å². The summed E-state index contributed by atoms with van der Waals surface area (Å²) in [5, 5.41) is 2.92. The van der Waals surface area contributed by atoms with Gasteiger partial charge in [0.1, 0.15) is 11.4 Å². The highest BCUT2D eigenvalue weighted by Crippen LogP contribution is 2.37. The Kier molecular flexibility index (Phi) is 6.22. The zero-order valence-electron chi connectivity index (χ0n) is 19.0. The molecule has 0 bridgehead atoms. The third-order valence-electron chi connectivity index (χ3n) is 6.31. The van der Waals surface area contributed by atoms with E-state index in [9.17, 15) is 14.0 Å². The molecule has 1 aliphatic carbocycles. The summed E-state index contributed by atoms with van der Waals surface area (Å²) in [7, 11) is 0. The first-order chi connectivity index (χ1) is 15.2. The van der Waals surface area contributed by atoms with E-state index in [4.69, 9.17) is 4.74 Å². The number of nitrogens with zero attached hydrogens (tertiary/aromatic N) is 1. The molecular formula is C26H31FN2O3. The van der Waals surface area contributed by atoms with Gasteiger partial charge in [0, 0.05) is 17.8 Å². The van der Waals surface area contributed by atoms with Gasteiger partial charge in [-0.05, 0) is 81.7 Å². The molecule has 2 aromatic carbocycles. The maximum Gasteiger partial charge on any atom is 0.322 e. The highest BCUT2D eigenvalue weighted by Gasteiger charge is 2.30. The molecule has 5 nitrogen and oxygen atoms in total. The van der Waals surface area contributed by atoms with Crippen molar-refractivity contribution in [1.29, 1.82) is 0 Å². The number of carbonyl (C=O) groups is 2. The Balaban J connectivity index is 1.29. The van der Waals surface area contributed by atoms with Gasteiger partial charge in [0.05, 0.1) is 12.5 Å². The molecule has 4 rings (SSSR count). The van der Waals surface area contributed by atoms with Gasteiger partial charge in [0.25, 0.3) is 0 Å². The fraction of sp³-hybridized carbons (Fsp3) is 0.462. The number of hydrogen-bond donors (Lipinski definition) is 1. The van der Waals surface area contributed by atoms with Crippen molar-refractivity contribution >= 4 is 17.7 Å². The molecule has 1 saturated carbocycles. The molecule has 1 heterocycles. The van der Waals surface area contributed by atoms with Crippen LogP contribution in [0.5, 0.6) is 0 Å². The van der Waals surface area contributed by atoms with Crippen molar-refractivity contribution in [2.75, 3.05) is 5.32 Å². The van der Waals surface area contributed by atoms with Gasteiger partial charge in [-0.1, -0.05) is 24.3 Å². The van der Waals surface area contributed by atoms with E-state index in [1.165, 1.54) is 11.6 Å². The Morgan fingerprint density at radius 1 is 1.00 bits per heavy atom. The third kappa shape index (κ3) is 5.12. The normalized spacial score (nSPS) is 20.6. The highest BCUT2D eigenvalue weighted by molar-refractivity contribution is 5.89. The molecule has 6 heteroatoms. The number of esters is 1. The molecule has 1 N–H and O–H groups in total. The minimum Gasteiger partial charge on any atom is -0.460 e. The molecule has 2 aromatic rings. The molecule has 0 spiro atoms. The summed E-state index contributed by atoms with van der Waals surface area (Å²) < 4.78 is 19.5. The van der Waals surface area contributed by atoms with Crippen LogP contribution in [0.3, 0.4) is 0 Å². The van der Waals surface area contributed by atoms with Crippen LogP contribution in [0, 0.1) is 11.7 Å². The molecule has 2 aliphatic rings. The van der Waals surface area contributed by atoms with Crippen LogP contribution in [0.2, 0.25) is 0 Å². The van der Waals surface area contributed by atoms with E-state index >= 15 is 0 Å². The zero-order chi connectivity index (χ0) is 22.9. The molecule has 0 saturated heterocycles. The van der Waals surface area contributed by atoms with Crippen LogP contribution in [0.4, 0.5) is 14.9 Å². The van der Waals surface area contributed by atoms with Crippen molar-refractivity contribution in [3.05, 3.63) is 65.0 Å². The Hall–Kier alpha value is -2.89. The quantitative estimate of drug-likeness (QED) is 0.599. The Bertz CT molecular complexity index is 989. The van der Waals surface area contributed by atoms with Crippen molar-refractivity contribution in [2.45, 2.75) is 71.1 Å². The smallest absolute Gasteiger partial charge is 0.322 e. The number of amides is 2. The molecule has 170 valence electrons. The number of urea groups is 1. The molecule has 0 unspecified atom stereocenters. The van der Waals surface area contributed by atoms with Gasteiger partial charge in [-0.15, -0.1) is 0 Å². The van der Waals surface area contributed by atoms with E-state index in [1.54, 1.807) is 11.0 Å². The van der Waals surface area contributed by atoms with E-state index in [1.807, 2.05) is 51.1 Å². The van der Waals surface area contributed by atoms with E-state index in [-0.39, 0.29) is 30.3 Å². The summed E-state index contributed by atoms with van der Waals surface area (Å²) in [5.74, 6) is 0.0504. The van der Waals surface area contributed by atoms with Crippen molar-refractivity contribution in [3.8, 4) is 0 Å². The molecule has 2 amide bonds. The van der Waals surface area contributed by atoms with E-state index < -0.39 is 5.60 Å². The lowest BCUT2D eigenvalue weighted by molar-refractivity contribution is -0.161. The van der Waals surface area contributed by atoms with E-state index in [0.717, 1.165) is 36.9 Å². The van der Waals surface area contributed by atoms with Gasteiger partial charge >= 0.3 is 12.0 Å². The second-order valence-corrected chi connectivity index (χ2v) is 9.87. The van der Waals surface area contributed by atoms with Crippen molar-refractivity contribution in [1.82, 2.24) is 4.90 Å². The predicted molar refractivity (Wildman–Crippen MR) is 122 cm³/mol. The number of ether oxygens (including phenoxy) is 1. The summed E-state index contributed by atoms with van der Waals surface area (Å²) >= 11 is 0. The van der Waals surface area contributed by atoms with Crippen LogP contribution in [-0.2, 0) is 22.6 Å². The van der Waals surface area contributed by atoms with Gasteiger partial charge in [0.2, 0.25) is 0 Å². The van der Waals surface area contributed by atoms with Crippen LogP contribution in [0.1, 0.15) is 69.1 Å². The first-order valence-corrected chi connectivity index (χ1v) is 11.3. The molecular weight excluding hydrogens is 407 g/mol. The molecule has 1 fully saturated rings. The van der Waals surface area contributed by atoms with Gasteiger partial charge in [0.15, 0.2) is 0 Å². The van der Waals surface area contributed by atoms with E-state index in [2.05, 4.69) is 5.32 Å². The zero-order valence-corrected chi connectivity index (χ0v) is 19.0. The lowest BCUT2D eigenvalue weighted by Crippen LogP contribution is -2.30.